The van der Waals surface area contributed by atoms with E-state index in [1.807, 2.05) is 0 Å². The van der Waals surface area contributed by atoms with Crippen LogP contribution < -0.4 is 0 Å². The van der Waals surface area contributed by atoms with E-state index in [0.717, 1.165) is 12.8 Å². The van der Waals surface area contributed by atoms with Crippen molar-refractivity contribution in [3.8, 4) is 11.1 Å². The van der Waals surface area contributed by atoms with Gasteiger partial charge in [-0.1, -0.05) is 72.8 Å². The fraction of sp³-hybridized carbons (Fsp3) is 0.100. The van der Waals surface area contributed by atoms with E-state index in [1.54, 1.807) is 0 Å². The van der Waals surface area contributed by atoms with Crippen LogP contribution in [0.15, 0.2) is 78.4 Å². The minimum Gasteiger partial charge on any atom is -0.0836 e. The van der Waals surface area contributed by atoms with Crippen LogP contribution in [0.3, 0.4) is 0 Å². The molecule has 0 radical (unpaired) electrons. The fourth-order valence-electron chi connectivity index (χ4n) is 3.16. The molecule has 0 aromatic heterocycles. The van der Waals surface area contributed by atoms with Gasteiger partial charge in [0.05, 0.1) is 0 Å². The molecule has 0 nitrogen and oxygen atoms in total. The number of hydrogen-bond acceptors (Lipinski definition) is 0. The molecule has 2 aromatic rings. The van der Waals surface area contributed by atoms with Crippen LogP contribution in [0.1, 0.15) is 24.0 Å². The lowest BCUT2D eigenvalue weighted by Crippen LogP contribution is -1.86. The SMILES string of the molecule is C1=CC(=C2c3ccccc3-c3ccccc32)C=CCC1. The molecule has 2 aromatic carbocycles. The van der Waals surface area contributed by atoms with Gasteiger partial charge < -0.3 is 0 Å². The summed E-state index contributed by atoms with van der Waals surface area (Å²) in [5, 5.41) is 0. The van der Waals surface area contributed by atoms with Gasteiger partial charge >= 0.3 is 0 Å². The van der Waals surface area contributed by atoms with E-state index in [4.69, 9.17) is 0 Å². The van der Waals surface area contributed by atoms with Gasteiger partial charge in [0.2, 0.25) is 0 Å². The Morgan fingerprint density at radius 3 is 1.50 bits per heavy atom. The van der Waals surface area contributed by atoms with Crippen molar-refractivity contribution in [3.05, 3.63) is 89.5 Å². The first-order valence-corrected chi connectivity index (χ1v) is 7.22. The Morgan fingerprint density at radius 2 is 1.00 bits per heavy atom. The van der Waals surface area contributed by atoms with Gasteiger partial charge in [0.25, 0.3) is 0 Å². The molecular weight excluding hydrogens is 240 g/mol. The first kappa shape index (κ1) is 11.5. The molecule has 20 heavy (non-hydrogen) atoms. The van der Waals surface area contributed by atoms with Gasteiger partial charge in [0, 0.05) is 0 Å². The van der Waals surface area contributed by atoms with Crippen molar-refractivity contribution in [2.45, 2.75) is 12.8 Å². The predicted octanol–water partition coefficient (Wildman–Crippen LogP) is 5.38. The van der Waals surface area contributed by atoms with Gasteiger partial charge in [-0.25, -0.2) is 0 Å². The van der Waals surface area contributed by atoms with Gasteiger partial charge in [-0.15, -0.1) is 0 Å². The van der Waals surface area contributed by atoms with E-state index in [1.165, 1.54) is 33.4 Å². The molecule has 0 fully saturated rings. The quantitative estimate of drug-likeness (QED) is 0.507. The molecule has 2 aliphatic carbocycles. The van der Waals surface area contributed by atoms with Gasteiger partial charge in [0.15, 0.2) is 0 Å². The largest absolute Gasteiger partial charge is 0.0836 e. The smallest absolute Gasteiger partial charge is 0.00266 e. The van der Waals surface area contributed by atoms with Crippen molar-refractivity contribution in [1.82, 2.24) is 0 Å². The summed E-state index contributed by atoms with van der Waals surface area (Å²) in [6.45, 7) is 0. The molecule has 0 bridgehead atoms. The van der Waals surface area contributed by atoms with Crippen LogP contribution in [0, 0.1) is 0 Å². The number of benzene rings is 2. The van der Waals surface area contributed by atoms with E-state index in [-0.39, 0.29) is 0 Å². The first-order chi connectivity index (χ1) is 9.95. The number of hydrogen-bond donors (Lipinski definition) is 0. The van der Waals surface area contributed by atoms with E-state index in [9.17, 15) is 0 Å². The van der Waals surface area contributed by atoms with Crippen molar-refractivity contribution >= 4 is 5.57 Å². The van der Waals surface area contributed by atoms with Crippen LogP contribution in [0.25, 0.3) is 16.7 Å². The fourth-order valence-corrected chi connectivity index (χ4v) is 3.16. The minimum atomic E-state index is 1.14. The molecule has 2 aliphatic rings. The highest BCUT2D eigenvalue weighted by Gasteiger charge is 2.23. The Kier molecular flexibility index (Phi) is 2.67. The summed E-state index contributed by atoms with van der Waals surface area (Å²) in [4.78, 5) is 0. The van der Waals surface area contributed by atoms with Crippen LogP contribution in [0.5, 0.6) is 0 Å². The van der Waals surface area contributed by atoms with Crippen molar-refractivity contribution in [3.63, 3.8) is 0 Å². The number of rotatable bonds is 0. The summed E-state index contributed by atoms with van der Waals surface area (Å²) in [5.41, 5.74) is 8.15. The Morgan fingerprint density at radius 1 is 0.550 bits per heavy atom. The lowest BCUT2D eigenvalue weighted by molar-refractivity contribution is 1.06. The van der Waals surface area contributed by atoms with Crippen LogP contribution in [-0.2, 0) is 0 Å². The van der Waals surface area contributed by atoms with Crippen LogP contribution in [-0.4, -0.2) is 0 Å². The lowest BCUT2D eigenvalue weighted by Gasteiger charge is -2.06. The summed E-state index contributed by atoms with van der Waals surface area (Å²) in [6.07, 6.45) is 11.4. The predicted molar refractivity (Wildman–Crippen MR) is 85.4 cm³/mol. The van der Waals surface area contributed by atoms with Gasteiger partial charge in [-0.05, 0) is 46.2 Å². The van der Waals surface area contributed by atoms with Crippen molar-refractivity contribution in [2.75, 3.05) is 0 Å². The van der Waals surface area contributed by atoms with Crippen LogP contribution >= 0.6 is 0 Å². The Balaban J connectivity index is 2.07. The molecule has 96 valence electrons. The maximum absolute atomic E-state index is 2.28. The summed E-state index contributed by atoms with van der Waals surface area (Å²) < 4.78 is 0. The van der Waals surface area contributed by atoms with Crippen molar-refractivity contribution in [2.24, 2.45) is 0 Å². The van der Waals surface area contributed by atoms with Crippen LogP contribution in [0.4, 0.5) is 0 Å². The second-order valence-electron chi connectivity index (χ2n) is 5.30. The second-order valence-corrected chi connectivity index (χ2v) is 5.30. The standard InChI is InChI=1S/C20H16/c1-2-4-10-15(9-3-1)20-18-13-7-5-11-16(18)17-12-6-8-14-19(17)20/h3-14H,1-2H2. The molecule has 0 saturated heterocycles. The molecular formula is C20H16. The third kappa shape index (κ3) is 1.69. The highest BCUT2D eigenvalue weighted by Crippen LogP contribution is 2.45. The maximum Gasteiger partial charge on any atom is -0.00266 e. The number of allylic oxidation sites excluding steroid dienone is 5. The monoisotopic (exact) mass is 256 g/mol. The number of fused-ring (bicyclic) bond motifs is 3. The van der Waals surface area contributed by atoms with Crippen LogP contribution in [0.2, 0.25) is 0 Å². The zero-order valence-electron chi connectivity index (χ0n) is 11.3. The summed E-state index contributed by atoms with van der Waals surface area (Å²) >= 11 is 0. The first-order valence-electron chi connectivity index (χ1n) is 7.22. The molecule has 0 spiro atoms. The molecule has 0 heteroatoms. The average molecular weight is 256 g/mol. The molecule has 0 unspecified atom stereocenters. The van der Waals surface area contributed by atoms with E-state index >= 15 is 0 Å². The topological polar surface area (TPSA) is 0 Å². The third-order valence-corrected chi connectivity index (χ3v) is 4.07. The molecule has 4 rings (SSSR count). The van der Waals surface area contributed by atoms with Gasteiger partial charge in [-0.3, -0.25) is 0 Å². The molecule has 0 aliphatic heterocycles. The normalized spacial score (nSPS) is 16.0. The van der Waals surface area contributed by atoms with E-state index in [2.05, 4.69) is 72.8 Å². The highest BCUT2D eigenvalue weighted by atomic mass is 14.3. The maximum atomic E-state index is 2.28. The summed E-state index contributed by atoms with van der Waals surface area (Å²) in [5.74, 6) is 0. The third-order valence-electron chi connectivity index (χ3n) is 4.07. The average Bonchev–Trinajstić information content (AvgIpc) is 2.65. The minimum absolute atomic E-state index is 1.14. The lowest BCUT2D eigenvalue weighted by atomic mass is 9.97. The van der Waals surface area contributed by atoms with Gasteiger partial charge in [0.1, 0.15) is 0 Å². The Hall–Kier alpha value is -2.34. The molecule has 0 heterocycles. The van der Waals surface area contributed by atoms with Crippen molar-refractivity contribution in [1.29, 1.82) is 0 Å². The van der Waals surface area contributed by atoms with E-state index in [0.29, 0.717) is 0 Å². The summed E-state index contributed by atoms with van der Waals surface area (Å²) in [7, 11) is 0. The molecule has 0 atom stereocenters. The molecule has 0 amide bonds. The Labute approximate surface area is 119 Å². The van der Waals surface area contributed by atoms with Gasteiger partial charge in [-0.2, -0.15) is 0 Å². The Bertz CT molecular complexity index is 694. The zero-order valence-corrected chi connectivity index (χ0v) is 11.3. The zero-order chi connectivity index (χ0) is 13.4. The summed E-state index contributed by atoms with van der Waals surface area (Å²) in [6, 6.07) is 17.5. The molecule has 0 saturated carbocycles. The molecule has 0 N–H and O–H groups in total. The second kappa shape index (κ2) is 4.64. The highest BCUT2D eigenvalue weighted by molar-refractivity contribution is 6.03. The van der Waals surface area contributed by atoms with Crippen molar-refractivity contribution < 1.29 is 0 Å². The van der Waals surface area contributed by atoms with E-state index < -0.39 is 0 Å².